The molecule has 3 amide bonds. The molecule has 24 heavy (non-hydrogen) atoms. The fraction of sp³-hybridized carbons (Fsp3) is 0.200. The van der Waals surface area contributed by atoms with Crippen molar-refractivity contribution >= 4 is 44.9 Å². The number of carbonyl (C=O) groups is 2. The minimum Gasteiger partial charge on any atom is -0.319 e. The lowest BCUT2D eigenvalue weighted by Crippen LogP contribution is -2.40. The van der Waals surface area contributed by atoms with Crippen LogP contribution < -0.4 is 5.32 Å². The summed E-state index contributed by atoms with van der Waals surface area (Å²) in [5, 5.41) is 13.6. The lowest BCUT2D eigenvalue weighted by atomic mass is 10.0. The van der Waals surface area contributed by atoms with Gasteiger partial charge in [-0.1, -0.05) is 12.1 Å². The van der Waals surface area contributed by atoms with E-state index in [1.165, 1.54) is 29.5 Å². The zero-order valence-electron chi connectivity index (χ0n) is 12.5. The predicted molar refractivity (Wildman–Crippen MR) is 91.5 cm³/mol. The summed E-state index contributed by atoms with van der Waals surface area (Å²) in [5.74, 6) is -0.381. The number of non-ortho nitro benzene ring substituents is 1. The van der Waals surface area contributed by atoms with Gasteiger partial charge in [0.2, 0.25) is 0 Å². The predicted octanol–water partition coefficient (Wildman–Crippen LogP) is 3.39. The molecule has 2 heterocycles. The molecule has 9 heteroatoms. The molecule has 1 atom stereocenters. The Hall–Kier alpha value is -2.26. The van der Waals surface area contributed by atoms with Gasteiger partial charge in [0.15, 0.2) is 5.54 Å². The van der Waals surface area contributed by atoms with E-state index in [2.05, 4.69) is 21.2 Å². The molecule has 7 nitrogen and oxygen atoms in total. The molecule has 3 rings (SSSR count). The SMILES string of the molecule is CC1(c2ccc(Br)s2)NC(=O)N(Cc2cccc([N+](=O)[O-])c2)C1=O. The number of carbonyl (C=O) groups excluding carboxylic acids is 2. The van der Waals surface area contributed by atoms with Gasteiger partial charge in [-0.3, -0.25) is 19.8 Å². The van der Waals surface area contributed by atoms with Gasteiger partial charge in [0.25, 0.3) is 11.6 Å². The van der Waals surface area contributed by atoms with Crippen molar-refractivity contribution in [3.8, 4) is 0 Å². The second kappa shape index (κ2) is 5.99. The highest BCUT2D eigenvalue weighted by atomic mass is 79.9. The molecule has 2 aromatic rings. The minimum absolute atomic E-state index is 0.0194. The van der Waals surface area contributed by atoms with E-state index in [1.54, 1.807) is 19.1 Å². The summed E-state index contributed by atoms with van der Waals surface area (Å²) in [7, 11) is 0. The molecule has 124 valence electrons. The van der Waals surface area contributed by atoms with Crippen LogP contribution in [0.3, 0.4) is 0 Å². The molecule has 1 saturated heterocycles. The lowest BCUT2D eigenvalue weighted by molar-refractivity contribution is -0.384. The van der Waals surface area contributed by atoms with Crippen LogP contribution in [0.15, 0.2) is 40.2 Å². The topological polar surface area (TPSA) is 92.6 Å². The third kappa shape index (κ3) is 2.80. The van der Waals surface area contributed by atoms with Gasteiger partial charge >= 0.3 is 6.03 Å². The minimum atomic E-state index is -1.13. The molecular formula is C15H12BrN3O4S. The van der Waals surface area contributed by atoms with Crippen LogP contribution in [-0.4, -0.2) is 21.8 Å². The molecule has 0 radical (unpaired) electrons. The second-order valence-electron chi connectivity index (χ2n) is 5.48. The van der Waals surface area contributed by atoms with E-state index in [0.717, 1.165) is 8.69 Å². The molecule has 0 spiro atoms. The first-order valence-electron chi connectivity index (χ1n) is 6.94. The molecule has 1 aliphatic heterocycles. The number of amides is 3. The average molecular weight is 410 g/mol. The van der Waals surface area contributed by atoms with E-state index < -0.39 is 16.5 Å². The molecule has 0 aliphatic carbocycles. The quantitative estimate of drug-likeness (QED) is 0.475. The Morgan fingerprint density at radius 1 is 1.33 bits per heavy atom. The zero-order chi connectivity index (χ0) is 17.5. The number of rotatable bonds is 4. The fourth-order valence-corrected chi connectivity index (χ4v) is 4.02. The van der Waals surface area contributed by atoms with E-state index in [0.29, 0.717) is 10.4 Å². The van der Waals surface area contributed by atoms with Crippen LogP contribution in [-0.2, 0) is 16.9 Å². The van der Waals surface area contributed by atoms with Gasteiger partial charge < -0.3 is 5.32 Å². The molecule has 0 saturated carbocycles. The van der Waals surface area contributed by atoms with Crippen molar-refractivity contribution < 1.29 is 14.5 Å². The van der Waals surface area contributed by atoms with Crippen LogP contribution in [0.2, 0.25) is 0 Å². The van der Waals surface area contributed by atoms with E-state index in [9.17, 15) is 19.7 Å². The third-order valence-electron chi connectivity index (χ3n) is 3.80. The van der Waals surface area contributed by atoms with Crippen molar-refractivity contribution in [1.82, 2.24) is 10.2 Å². The summed E-state index contributed by atoms with van der Waals surface area (Å²) in [5.41, 5.74) is -0.692. The van der Waals surface area contributed by atoms with Gasteiger partial charge in [-0.25, -0.2) is 4.79 Å². The highest BCUT2D eigenvalue weighted by Crippen LogP contribution is 2.36. The molecule has 1 unspecified atom stereocenters. The van der Waals surface area contributed by atoms with E-state index in [1.807, 2.05) is 6.07 Å². The third-order valence-corrected chi connectivity index (χ3v) is 5.65. The number of imide groups is 1. The van der Waals surface area contributed by atoms with Crippen LogP contribution >= 0.6 is 27.3 Å². The molecule has 1 fully saturated rings. The standard InChI is InChI=1S/C15H12BrN3O4S/c1-15(11-5-6-12(16)24-11)13(20)18(14(21)17-15)8-9-3-2-4-10(7-9)19(22)23/h2-7H,8H2,1H3,(H,17,21). The summed E-state index contributed by atoms with van der Waals surface area (Å²) in [6.45, 7) is 1.63. The maximum atomic E-state index is 12.8. The van der Waals surface area contributed by atoms with Gasteiger partial charge in [-0.15, -0.1) is 11.3 Å². The second-order valence-corrected chi connectivity index (χ2v) is 7.94. The highest BCUT2D eigenvalue weighted by Gasteiger charge is 2.49. The normalized spacial score (nSPS) is 20.3. The molecule has 1 N–H and O–H groups in total. The number of nitrogens with one attached hydrogen (secondary N) is 1. The number of hydrogen-bond donors (Lipinski definition) is 1. The van der Waals surface area contributed by atoms with Crippen LogP contribution in [0.5, 0.6) is 0 Å². The van der Waals surface area contributed by atoms with Crippen LogP contribution in [0, 0.1) is 10.1 Å². The first-order valence-corrected chi connectivity index (χ1v) is 8.55. The van der Waals surface area contributed by atoms with Crippen LogP contribution in [0.1, 0.15) is 17.4 Å². The number of halogens is 1. The smallest absolute Gasteiger partial charge is 0.319 e. The Bertz CT molecular complexity index is 853. The Morgan fingerprint density at radius 3 is 2.71 bits per heavy atom. The fourth-order valence-electron chi connectivity index (χ4n) is 2.54. The van der Waals surface area contributed by atoms with Gasteiger partial charge in [-0.2, -0.15) is 0 Å². The molecule has 1 aromatic carbocycles. The van der Waals surface area contributed by atoms with Crippen molar-refractivity contribution in [2.24, 2.45) is 0 Å². The maximum absolute atomic E-state index is 12.8. The summed E-state index contributed by atoms with van der Waals surface area (Å²) in [6.07, 6.45) is 0. The number of nitro benzene ring substituents is 1. The number of thiophene rings is 1. The first-order chi connectivity index (χ1) is 11.3. The van der Waals surface area contributed by atoms with Crippen LogP contribution in [0.4, 0.5) is 10.5 Å². The van der Waals surface area contributed by atoms with Crippen molar-refractivity contribution in [2.45, 2.75) is 19.0 Å². The van der Waals surface area contributed by atoms with Crippen molar-refractivity contribution in [2.75, 3.05) is 0 Å². The van der Waals surface area contributed by atoms with E-state index in [-0.39, 0.29) is 18.1 Å². The lowest BCUT2D eigenvalue weighted by Gasteiger charge is -2.20. The number of hydrogen-bond acceptors (Lipinski definition) is 5. The Kier molecular flexibility index (Phi) is 4.14. The highest BCUT2D eigenvalue weighted by molar-refractivity contribution is 9.11. The Balaban J connectivity index is 1.87. The summed E-state index contributed by atoms with van der Waals surface area (Å²) in [4.78, 5) is 37.2. The largest absolute Gasteiger partial charge is 0.325 e. The first kappa shape index (κ1) is 16.6. The Labute approximate surface area is 149 Å². The number of nitrogens with zero attached hydrogens (tertiary/aromatic N) is 2. The number of urea groups is 1. The molecular weight excluding hydrogens is 398 g/mol. The van der Waals surface area contributed by atoms with Gasteiger partial charge in [0.1, 0.15) is 0 Å². The van der Waals surface area contributed by atoms with Gasteiger partial charge in [0.05, 0.1) is 15.3 Å². The van der Waals surface area contributed by atoms with Gasteiger partial charge in [-0.05, 0) is 40.5 Å². The molecule has 0 bridgehead atoms. The molecule has 1 aromatic heterocycles. The van der Waals surface area contributed by atoms with Gasteiger partial charge in [0, 0.05) is 17.0 Å². The molecule has 1 aliphatic rings. The van der Waals surface area contributed by atoms with Crippen molar-refractivity contribution in [3.05, 3.63) is 60.7 Å². The van der Waals surface area contributed by atoms with E-state index >= 15 is 0 Å². The number of benzene rings is 1. The van der Waals surface area contributed by atoms with Crippen molar-refractivity contribution in [3.63, 3.8) is 0 Å². The Morgan fingerprint density at radius 2 is 2.08 bits per heavy atom. The van der Waals surface area contributed by atoms with Crippen molar-refractivity contribution in [1.29, 1.82) is 0 Å². The summed E-state index contributed by atoms with van der Waals surface area (Å²) < 4.78 is 0.859. The summed E-state index contributed by atoms with van der Waals surface area (Å²) >= 11 is 4.72. The monoisotopic (exact) mass is 409 g/mol. The number of nitro groups is 1. The maximum Gasteiger partial charge on any atom is 0.325 e. The summed E-state index contributed by atoms with van der Waals surface area (Å²) in [6, 6.07) is 8.98. The van der Waals surface area contributed by atoms with E-state index in [4.69, 9.17) is 0 Å². The average Bonchev–Trinajstić information content (AvgIpc) is 3.06. The van der Waals surface area contributed by atoms with Crippen LogP contribution in [0.25, 0.3) is 0 Å². The zero-order valence-corrected chi connectivity index (χ0v) is 14.9.